The molecule has 1 nitrogen and oxygen atoms in total. The summed E-state index contributed by atoms with van der Waals surface area (Å²) in [7, 11) is 0. The van der Waals surface area contributed by atoms with E-state index in [1.54, 1.807) is 0 Å². The Balaban J connectivity index is 2.20. The molecule has 2 aromatic carbocycles. The molecule has 2 heteroatoms. The normalized spacial score (nSPS) is 12.4. The number of hydrogen-bond donors (Lipinski definition) is 1. The highest BCUT2D eigenvalue weighted by Gasteiger charge is 2.10. The molecule has 0 saturated heterocycles. The average molecular weight is 305 g/mol. The molecule has 0 aliphatic heterocycles. The lowest BCUT2D eigenvalue weighted by molar-refractivity contribution is 0.220. The maximum absolute atomic E-state index is 10.3. The summed E-state index contributed by atoms with van der Waals surface area (Å²) in [5.41, 5.74) is 3.17. The molecule has 0 unspecified atom stereocenters. The van der Waals surface area contributed by atoms with E-state index in [0.717, 1.165) is 28.4 Å². The second kappa shape index (κ2) is 6.17. The highest BCUT2D eigenvalue weighted by Crippen LogP contribution is 2.24. The molecule has 1 atom stereocenters. The summed E-state index contributed by atoms with van der Waals surface area (Å²) in [5.74, 6) is 0. The highest BCUT2D eigenvalue weighted by atomic mass is 79.9. The zero-order valence-electron chi connectivity index (χ0n) is 10.4. The fourth-order valence-corrected chi connectivity index (χ4v) is 2.44. The highest BCUT2D eigenvalue weighted by molar-refractivity contribution is 9.10. The number of aryl methyl sites for hydroxylation is 1. The summed E-state index contributed by atoms with van der Waals surface area (Å²) < 4.78 is 0.988. The van der Waals surface area contributed by atoms with Gasteiger partial charge in [-0.25, -0.2) is 0 Å². The van der Waals surface area contributed by atoms with Crippen LogP contribution in [0.2, 0.25) is 0 Å². The van der Waals surface area contributed by atoms with Crippen molar-refractivity contribution in [1.29, 1.82) is 0 Å². The van der Waals surface area contributed by atoms with E-state index >= 15 is 0 Å². The molecule has 0 fully saturated rings. The lowest BCUT2D eigenvalue weighted by Gasteiger charge is -2.12. The average Bonchev–Trinajstić information content (AvgIpc) is 2.39. The maximum Gasteiger partial charge on any atom is 0.104 e. The smallest absolute Gasteiger partial charge is 0.104 e. The van der Waals surface area contributed by atoms with Gasteiger partial charge in [-0.05, 0) is 35.2 Å². The molecule has 1 N–H and O–H groups in total. The number of halogens is 1. The molecule has 0 spiro atoms. The molecular weight excluding hydrogens is 288 g/mol. The summed E-state index contributed by atoms with van der Waals surface area (Å²) >= 11 is 3.42. The van der Waals surface area contributed by atoms with Crippen molar-refractivity contribution >= 4 is 15.9 Å². The summed E-state index contributed by atoms with van der Waals surface area (Å²) in [4.78, 5) is 0. The number of rotatable bonds is 4. The predicted molar refractivity (Wildman–Crippen MR) is 78.6 cm³/mol. The van der Waals surface area contributed by atoms with Crippen LogP contribution in [0, 0.1) is 0 Å². The van der Waals surface area contributed by atoms with Gasteiger partial charge in [0.2, 0.25) is 0 Å². The van der Waals surface area contributed by atoms with Crippen LogP contribution in [0.1, 0.15) is 36.1 Å². The minimum absolute atomic E-state index is 0.557. The monoisotopic (exact) mass is 304 g/mol. The van der Waals surface area contributed by atoms with E-state index in [9.17, 15) is 5.11 Å². The molecule has 0 bridgehead atoms. The predicted octanol–water partition coefficient (Wildman–Crippen LogP) is 4.48. The molecule has 18 heavy (non-hydrogen) atoms. The fraction of sp³-hybridized carbons (Fsp3) is 0.250. The van der Waals surface area contributed by atoms with Gasteiger partial charge in [0.1, 0.15) is 6.10 Å². The van der Waals surface area contributed by atoms with Gasteiger partial charge in [-0.3, -0.25) is 0 Å². The largest absolute Gasteiger partial charge is 0.384 e. The van der Waals surface area contributed by atoms with Crippen LogP contribution in [0.4, 0.5) is 0 Å². The summed E-state index contributed by atoms with van der Waals surface area (Å²) in [5, 5.41) is 10.3. The van der Waals surface area contributed by atoms with E-state index in [-0.39, 0.29) is 0 Å². The van der Waals surface area contributed by atoms with E-state index < -0.39 is 6.10 Å². The van der Waals surface area contributed by atoms with Crippen LogP contribution in [0.5, 0.6) is 0 Å². The Morgan fingerprint density at radius 1 is 1.06 bits per heavy atom. The number of aliphatic hydroxyl groups is 1. The van der Waals surface area contributed by atoms with E-state index in [2.05, 4.69) is 35.0 Å². The van der Waals surface area contributed by atoms with Crippen molar-refractivity contribution < 1.29 is 5.11 Å². The summed E-state index contributed by atoms with van der Waals surface area (Å²) in [6.07, 6.45) is 1.68. The Hall–Kier alpha value is -1.12. The van der Waals surface area contributed by atoms with Crippen LogP contribution in [-0.4, -0.2) is 5.11 Å². The SMILES string of the molecule is CCCc1ccc([C@@H](O)c2cccc(Br)c2)cc1. The lowest BCUT2D eigenvalue weighted by Crippen LogP contribution is -1.99. The molecule has 0 amide bonds. The van der Waals surface area contributed by atoms with Gasteiger partial charge in [0.05, 0.1) is 0 Å². The van der Waals surface area contributed by atoms with Crippen molar-refractivity contribution in [3.05, 3.63) is 69.7 Å². The van der Waals surface area contributed by atoms with E-state index in [4.69, 9.17) is 0 Å². The number of benzene rings is 2. The first-order chi connectivity index (χ1) is 8.70. The molecule has 0 aliphatic carbocycles. The molecular formula is C16H17BrO. The van der Waals surface area contributed by atoms with Crippen LogP contribution in [0.15, 0.2) is 53.0 Å². The van der Waals surface area contributed by atoms with Crippen LogP contribution >= 0.6 is 15.9 Å². The summed E-state index contributed by atoms with van der Waals surface area (Å²) in [6.45, 7) is 2.17. The third-order valence-corrected chi connectivity index (χ3v) is 3.49. The second-order valence-corrected chi connectivity index (χ2v) is 5.36. The number of hydrogen-bond acceptors (Lipinski definition) is 1. The quantitative estimate of drug-likeness (QED) is 0.883. The first kappa shape index (κ1) is 13.3. The van der Waals surface area contributed by atoms with Crippen molar-refractivity contribution in [2.45, 2.75) is 25.9 Å². The standard InChI is InChI=1S/C16H17BrO/c1-2-4-12-7-9-13(10-8-12)16(18)14-5-3-6-15(17)11-14/h3,5-11,16,18H,2,4H2,1H3/t16-/m1/s1. The summed E-state index contributed by atoms with van der Waals surface area (Å²) in [6, 6.07) is 16.0. The van der Waals surface area contributed by atoms with Crippen LogP contribution in [0.3, 0.4) is 0 Å². The molecule has 94 valence electrons. The molecule has 0 radical (unpaired) electrons. The van der Waals surface area contributed by atoms with Crippen LogP contribution in [0.25, 0.3) is 0 Å². The zero-order valence-corrected chi connectivity index (χ0v) is 12.0. The van der Waals surface area contributed by atoms with E-state index in [0.29, 0.717) is 0 Å². The Morgan fingerprint density at radius 2 is 1.78 bits per heavy atom. The molecule has 2 aromatic rings. The van der Waals surface area contributed by atoms with Gasteiger partial charge >= 0.3 is 0 Å². The van der Waals surface area contributed by atoms with Gasteiger partial charge in [0.25, 0.3) is 0 Å². The van der Waals surface area contributed by atoms with Crippen molar-refractivity contribution in [1.82, 2.24) is 0 Å². The van der Waals surface area contributed by atoms with Gasteiger partial charge in [0, 0.05) is 4.47 Å². The van der Waals surface area contributed by atoms with E-state index in [1.165, 1.54) is 5.56 Å². The van der Waals surface area contributed by atoms with Gasteiger partial charge < -0.3 is 5.11 Å². The molecule has 0 aliphatic rings. The molecule has 0 aromatic heterocycles. The number of aliphatic hydroxyl groups excluding tert-OH is 1. The van der Waals surface area contributed by atoms with Crippen molar-refractivity contribution in [2.24, 2.45) is 0 Å². The molecule has 2 rings (SSSR count). The Bertz CT molecular complexity index is 505. The van der Waals surface area contributed by atoms with Gasteiger partial charge in [-0.1, -0.05) is 65.7 Å². The lowest BCUT2D eigenvalue weighted by atomic mass is 9.99. The van der Waals surface area contributed by atoms with Crippen LogP contribution < -0.4 is 0 Å². The minimum atomic E-state index is -0.557. The van der Waals surface area contributed by atoms with Crippen molar-refractivity contribution in [3.8, 4) is 0 Å². The van der Waals surface area contributed by atoms with E-state index in [1.807, 2.05) is 36.4 Å². The Kier molecular flexibility index (Phi) is 4.56. The van der Waals surface area contributed by atoms with Gasteiger partial charge in [-0.15, -0.1) is 0 Å². The van der Waals surface area contributed by atoms with Crippen molar-refractivity contribution in [3.63, 3.8) is 0 Å². The Morgan fingerprint density at radius 3 is 2.39 bits per heavy atom. The maximum atomic E-state index is 10.3. The third kappa shape index (κ3) is 3.21. The van der Waals surface area contributed by atoms with Crippen molar-refractivity contribution in [2.75, 3.05) is 0 Å². The van der Waals surface area contributed by atoms with Gasteiger partial charge in [-0.2, -0.15) is 0 Å². The van der Waals surface area contributed by atoms with Gasteiger partial charge in [0.15, 0.2) is 0 Å². The fourth-order valence-electron chi connectivity index (χ4n) is 2.02. The zero-order chi connectivity index (χ0) is 13.0. The van der Waals surface area contributed by atoms with Crippen LogP contribution in [-0.2, 0) is 6.42 Å². The minimum Gasteiger partial charge on any atom is -0.384 e. The second-order valence-electron chi connectivity index (χ2n) is 4.45. The first-order valence-corrected chi connectivity index (χ1v) is 7.02. The third-order valence-electron chi connectivity index (χ3n) is 3.00. The molecule has 0 saturated carbocycles. The topological polar surface area (TPSA) is 20.2 Å². The molecule has 0 heterocycles. The Labute approximate surface area is 117 Å². The first-order valence-electron chi connectivity index (χ1n) is 6.23.